The second-order valence-electron chi connectivity index (χ2n) is 4.38. The molecule has 0 aromatic heterocycles. The van der Waals surface area contributed by atoms with Crippen LogP contribution in [0.5, 0.6) is 0 Å². The highest BCUT2D eigenvalue weighted by atomic mass is 35.5. The molecule has 0 atom stereocenters. The first-order chi connectivity index (χ1) is 10.3. The van der Waals surface area contributed by atoms with E-state index in [9.17, 15) is 0 Å². The van der Waals surface area contributed by atoms with Gasteiger partial charge in [0, 0.05) is 17.1 Å². The Balaban J connectivity index is 1.71. The predicted molar refractivity (Wildman–Crippen MR) is 92.9 cm³/mol. The van der Waals surface area contributed by atoms with Gasteiger partial charge in [0.05, 0.1) is 6.21 Å². The summed E-state index contributed by atoms with van der Waals surface area (Å²) in [5.41, 5.74) is 4.89. The lowest BCUT2D eigenvalue weighted by molar-refractivity contribution is 0.838. The van der Waals surface area contributed by atoms with Crippen molar-refractivity contribution < 1.29 is 0 Å². The smallest absolute Gasteiger partial charge is 0.186 e. The van der Waals surface area contributed by atoms with Crippen LogP contribution < -0.4 is 10.7 Å². The van der Waals surface area contributed by atoms with Gasteiger partial charge in [0.1, 0.15) is 0 Å². The van der Waals surface area contributed by atoms with Crippen LogP contribution >= 0.6 is 23.8 Å². The Morgan fingerprint density at radius 2 is 1.81 bits per heavy atom. The molecule has 0 unspecified atom stereocenters. The Labute approximate surface area is 135 Å². The van der Waals surface area contributed by atoms with Crippen LogP contribution in [-0.4, -0.2) is 17.9 Å². The molecule has 108 valence electrons. The third-order valence-corrected chi connectivity index (χ3v) is 3.40. The highest BCUT2D eigenvalue weighted by Crippen LogP contribution is 2.11. The van der Waals surface area contributed by atoms with Crippen LogP contribution in [0.15, 0.2) is 59.7 Å². The molecule has 2 aromatic rings. The monoisotopic (exact) mass is 317 g/mol. The number of hydrazone groups is 1. The number of nitrogens with one attached hydrogen (secondary N) is 2. The summed E-state index contributed by atoms with van der Waals surface area (Å²) in [5.74, 6) is 0. The van der Waals surface area contributed by atoms with Crippen LogP contribution in [0.2, 0.25) is 5.02 Å². The van der Waals surface area contributed by atoms with Crippen molar-refractivity contribution in [3.8, 4) is 0 Å². The van der Waals surface area contributed by atoms with Gasteiger partial charge in [-0.05, 0) is 30.3 Å². The lowest BCUT2D eigenvalue weighted by Gasteiger charge is -2.06. The Bertz CT molecular complexity index is 614. The molecule has 2 aromatic carbocycles. The highest BCUT2D eigenvalue weighted by Gasteiger charge is 1.96. The van der Waals surface area contributed by atoms with Crippen molar-refractivity contribution in [2.45, 2.75) is 6.42 Å². The standard InChI is InChI=1S/C16H16ClN3S/c17-15-9-5-4-8-14(15)12-19-20-16(21)18-11-10-13-6-2-1-3-7-13/h1-9,12H,10-11H2,(H2,18,20,21). The molecule has 0 saturated carbocycles. The first-order valence-corrected chi connectivity index (χ1v) is 7.39. The number of nitrogens with zero attached hydrogens (tertiary/aromatic N) is 1. The first-order valence-electron chi connectivity index (χ1n) is 6.61. The minimum Gasteiger partial charge on any atom is -0.361 e. The Morgan fingerprint density at radius 1 is 1.10 bits per heavy atom. The molecule has 2 rings (SSSR count). The van der Waals surface area contributed by atoms with Gasteiger partial charge in [-0.15, -0.1) is 0 Å². The van der Waals surface area contributed by atoms with Gasteiger partial charge in [0.2, 0.25) is 0 Å². The van der Waals surface area contributed by atoms with E-state index in [1.807, 2.05) is 42.5 Å². The molecular weight excluding hydrogens is 302 g/mol. The first kappa shape index (κ1) is 15.5. The maximum atomic E-state index is 6.02. The van der Waals surface area contributed by atoms with Crippen molar-refractivity contribution in [3.05, 3.63) is 70.7 Å². The highest BCUT2D eigenvalue weighted by molar-refractivity contribution is 7.80. The van der Waals surface area contributed by atoms with E-state index in [4.69, 9.17) is 23.8 Å². The Hall–Kier alpha value is -1.91. The molecule has 0 bridgehead atoms. The predicted octanol–water partition coefficient (Wildman–Crippen LogP) is 3.38. The number of hydrogen-bond acceptors (Lipinski definition) is 2. The summed E-state index contributed by atoms with van der Waals surface area (Å²) in [6.07, 6.45) is 2.56. The summed E-state index contributed by atoms with van der Waals surface area (Å²) in [6, 6.07) is 17.7. The van der Waals surface area contributed by atoms with Crippen molar-refractivity contribution >= 4 is 35.1 Å². The van der Waals surface area contributed by atoms with Crippen LogP contribution in [0.3, 0.4) is 0 Å². The van der Waals surface area contributed by atoms with E-state index >= 15 is 0 Å². The lowest BCUT2D eigenvalue weighted by Crippen LogP contribution is -2.33. The van der Waals surface area contributed by atoms with Crippen LogP contribution in [0.25, 0.3) is 0 Å². The van der Waals surface area contributed by atoms with Crippen LogP contribution in [0.4, 0.5) is 0 Å². The second-order valence-corrected chi connectivity index (χ2v) is 5.20. The summed E-state index contributed by atoms with van der Waals surface area (Å²) >= 11 is 11.2. The van der Waals surface area contributed by atoms with E-state index in [2.05, 4.69) is 28.0 Å². The molecule has 2 N–H and O–H groups in total. The van der Waals surface area contributed by atoms with Gasteiger partial charge in [-0.2, -0.15) is 5.10 Å². The van der Waals surface area contributed by atoms with Crippen molar-refractivity contribution in [1.82, 2.24) is 10.7 Å². The molecule has 0 aliphatic rings. The van der Waals surface area contributed by atoms with E-state index in [0.29, 0.717) is 10.1 Å². The molecule has 3 nitrogen and oxygen atoms in total. The van der Waals surface area contributed by atoms with Crippen LogP contribution in [-0.2, 0) is 6.42 Å². The number of rotatable bonds is 5. The molecule has 0 aliphatic heterocycles. The molecule has 21 heavy (non-hydrogen) atoms. The van der Waals surface area contributed by atoms with E-state index in [-0.39, 0.29) is 0 Å². The minimum absolute atomic E-state index is 0.495. The van der Waals surface area contributed by atoms with Gasteiger partial charge >= 0.3 is 0 Å². The van der Waals surface area contributed by atoms with E-state index < -0.39 is 0 Å². The Morgan fingerprint density at radius 3 is 2.57 bits per heavy atom. The van der Waals surface area contributed by atoms with E-state index in [0.717, 1.165) is 18.5 Å². The van der Waals surface area contributed by atoms with Gasteiger partial charge < -0.3 is 5.32 Å². The van der Waals surface area contributed by atoms with Gasteiger partial charge in [0.15, 0.2) is 5.11 Å². The molecule has 0 aliphatic carbocycles. The maximum Gasteiger partial charge on any atom is 0.186 e. The third kappa shape index (κ3) is 5.53. The summed E-state index contributed by atoms with van der Waals surface area (Å²) in [7, 11) is 0. The summed E-state index contributed by atoms with van der Waals surface area (Å²) in [4.78, 5) is 0. The largest absolute Gasteiger partial charge is 0.361 e. The third-order valence-electron chi connectivity index (χ3n) is 2.82. The average molecular weight is 318 g/mol. The topological polar surface area (TPSA) is 36.4 Å². The molecule has 0 spiro atoms. The lowest BCUT2D eigenvalue weighted by atomic mass is 10.1. The number of benzene rings is 2. The van der Waals surface area contributed by atoms with Gasteiger partial charge in [-0.25, -0.2) is 0 Å². The molecule has 0 saturated heterocycles. The van der Waals surface area contributed by atoms with Crippen molar-refractivity contribution in [3.63, 3.8) is 0 Å². The molecule has 0 radical (unpaired) electrons. The minimum atomic E-state index is 0.495. The summed E-state index contributed by atoms with van der Waals surface area (Å²) in [5, 5.41) is 8.32. The Kier molecular flexibility index (Phi) is 6.19. The zero-order valence-corrected chi connectivity index (χ0v) is 13.0. The van der Waals surface area contributed by atoms with E-state index in [1.54, 1.807) is 6.21 Å². The van der Waals surface area contributed by atoms with Crippen LogP contribution in [0, 0.1) is 0 Å². The SMILES string of the molecule is S=C(NCCc1ccccc1)NN=Cc1ccccc1Cl. The second kappa shape index (κ2) is 8.39. The van der Waals surface area contributed by atoms with E-state index in [1.165, 1.54) is 5.56 Å². The summed E-state index contributed by atoms with van der Waals surface area (Å²) < 4.78 is 0. The zero-order chi connectivity index (χ0) is 14.9. The quantitative estimate of drug-likeness (QED) is 0.504. The molecule has 0 fully saturated rings. The number of thiocarbonyl (C=S) groups is 1. The average Bonchev–Trinajstić information content (AvgIpc) is 2.50. The van der Waals surface area contributed by atoms with Crippen LogP contribution in [0.1, 0.15) is 11.1 Å². The number of hydrogen-bond donors (Lipinski definition) is 2. The molecule has 0 amide bonds. The molecule has 5 heteroatoms. The summed E-state index contributed by atoms with van der Waals surface area (Å²) in [6.45, 7) is 0.761. The van der Waals surface area contributed by atoms with Gasteiger partial charge in [0.25, 0.3) is 0 Å². The fourth-order valence-corrected chi connectivity index (χ4v) is 2.08. The van der Waals surface area contributed by atoms with Crippen molar-refractivity contribution in [2.75, 3.05) is 6.54 Å². The van der Waals surface area contributed by atoms with Gasteiger partial charge in [-0.3, -0.25) is 5.43 Å². The normalized spacial score (nSPS) is 10.5. The molecule has 0 heterocycles. The zero-order valence-electron chi connectivity index (χ0n) is 11.4. The molecular formula is C16H16ClN3S. The van der Waals surface area contributed by atoms with Gasteiger partial charge in [-0.1, -0.05) is 60.1 Å². The fraction of sp³-hybridized carbons (Fsp3) is 0.125. The fourth-order valence-electron chi connectivity index (χ4n) is 1.74. The van der Waals surface area contributed by atoms with Crippen molar-refractivity contribution in [2.24, 2.45) is 5.10 Å². The number of halogens is 1. The maximum absolute atomic E-state index is 6.02. The van der Waals surface area contributed by atoms with Crippen molar-refractivity contribution in [1.29, 1.82) is 0 Å².